The van der Waals surface area contributed by atoms with E-state index in [1.165, 1.54) is 0 Å². The molecular formula is C10H18O3. The van der Waals surface area contributed by atoms with Gasteiger partial charge < -0.3 is 9.84 Å². The molecule has 1 rings (SSSR count). The Morgan fingerprint density at radius 1 is 1.31 bits per heavy atom. The molecule has 0 aromatic rings. The van der Waals surface area contributed by atoms with Crippen LogP contribution in [0.3, 0.4) is 0 Å². The van der Waals surface area contributed by atoms with Crippen molar-refractivity contribution >= 4 is 5.97 Å². The van der Waals surface area contributed by atoms with Gasteiger partial charge in [-0.25, -0.2) is 0 Å². The molecule has 0 spiro atoms. The zero-order chi connectivity index (χ0) is 9.68. The molecule has 1 aliphatic rings. The standard InChI is InChI=1S/C10H18O3/c1-8-5-3-2-4-6-9(11)7-10(12)13-8/h8-9,11H,2-7H2,1H3/t8-,9?/m1/s1. The number of esters is 1. The molecule has 0 bridgehead atoms. The highest BCUT2D eigenvalue weighted by atomic mass is 16.5. The summed E-state index contributed by atoms with van der Waals surface area (Å²) in [6, 6.07) is 0. The summed E-state index contributed by atoms with van der Waals surface area (Å²) in [7, 11) is 0. The van der Waals surface area contributed by atoms with Crippen molar-refractivity contribution in [3.05, 3.63) is 0 Å². The third kappa shape index (κ3) is 4.27. The van der Waals surface area contributed by atoms with E-state index in [2.05, 4.69) is 0 Å². The summed E-state index contributed by atoms with van der Waals surface area (Å²) >= 11 is 0. The average Bonchev–Trinajstić information content (AvgIpc) is 2.02. The normalized spacial score (nSPS) is 32.3. The topological polar surface area (TPSA) is 46.5 Å². The Balaban J connectivity index is 2.39. The molecule has 0 amide bonds. The third-order valence-electron chi connectivity index (χ3n) is 2.38. The molecule has 1 unspecified atom stereocenters. The second-order valence-corrected chi connectivity index (χ2v) is 3.80. The number of cyclic esters (lactones) is 1. The molecule has 76 valence electrons. The molecule has 0 aromatic carbocycles. The highest BCUT2D eigenvalue weighted by Gasteiger charge is 2.16. The molecule has 13 heavy (non-hydrogen) atoms. The highest BCUT2D eigenvalue weighted by molar-refractivity contribution is 5.70. The van der Waals surface area contributed by atoms with Crippen molar-refractivity contribution in [2.75, 3.05) is 0 Å². The molecule has 0 radical (unpaired) electrons. The molecule has 3 heteroatoms. The van der Waals surface area contributed by atoms with E-state index in [1.54, 1.807) is 0 Å². The minimum atomic E-state index is -0.502. The summed E-state index contributed by atoms with van der Waals surface area (Å²) in [5.41, 5.74) is 0. The van der Waals surface area contributed by atoms with E-state index in [1.807, 2.05) is 6.92 Å². The average molecular weight is 186 g/mol. The summed E-state index contributed by atoms with van der Waals surface area (Å²) in [6.45, 7) is 1.91. The summed E-state index contributed by atoms with van der Waals surface area (Å²) in [5.74, 6) is -0.262. The summed E-state index contributed by atoms with van der Waals surface area (Å²) in [6.07, 6.45) is 4.56. The molecule has 1 heterocycles. The molecule has 3 nitrogen and oxygen atoms in total. The van der Waals surface area contributed by atoms with Gasteiger partial charge in [0.05, 0.1) is 18.6 Å². The molecule has 1 fully saturated rings. The van der Waals surface area contributed by atoms with Crippen molar-refractivity contribution in [3.63, 3.8) is 0 Å². The number of hydrogen-bond donors (Lipinski definition) is 1. The van der Waals surface area contributed by atoms with Crippen LogP contribution in [0.15, 0.2) is 0 Å². The van der Waals surface area contributed by atoms with Crippen LogP contribution in [0.5, 0.6) is 0 Å². The van der Waals surface area contributed by atoms with Gasteiger partial charge >= 0.3 is 5.97 Å². The van der Waals surface area contributed by atoms with Crippen LogP contribution in [0, 0.1) is 0 Å². The van der Waals surface area contributed by atoms with Crippen molar-refractivity contribution in [2.45, 2.75) is 57.7 Å². The van der Waals surface area contributed by atoms with Crippen molar-refractivity contribution in [2.24, 2.45) is 0 Å². The zero-order valence-corrected chi connectivity index (χ0v) is 8.16. The van der Waals surface area contributed by atoms with Crippen molar-refractivity contribution in [1.29, 1.82) is 0 Å². The summed E-state index contributed by atoms with van der Waals surface area (Å²) in [4.78, 5) is 11.1. The fraction of sp³-hybridized carbons (Fsp3) is 0.900. The molecule has 2 atom stereocenters. The third-order valence-corrected chi connectivity index (χ3v) is 2.38. The lowest BCUT2D eigenvalue weighted by Gasteiger charge is -2.17. The number of hydrogen-bond acceptors (Lipinski definition) is 3. The van der Waals surface area contributed by atoms with Crippen LogP contribution in [-0.4, -0.2) is 23.3 Å². The smallest absolute Gasteiger partial charge is 0.308 e. The van der Waals surface area contributed by atoms with Crippen LogP contribution in [-0.2, 0) is 9.53 Å². The lowest BCUT2D eigenvalue weighted by molar-refractivity contribution is -0.151. The first-order chi connectivity index (χ1) is 6.18. The first kappa shape index (κ1) is 10.5. The van der Waals surface area contributed by atoms with Crippen LogP contribution >= 0.6 is 0 Å². The van der Waals surface area contributed by atoms with E-state index < -0.39 is 6.10 Å². The number of carbonyl (C=O) groups is 1. The highest BCUT2D eigenvalue weighted by Crippen LogP contribution is 2.14. The second-order valence-electron chi connectivity index (χ2n) is 3.80. The van der Waals surface area contributed by atoms with Crippen molar-refractivity contribution < 1.29 is 14.6 Å². The minimum Gasteiger partial charge on any atom is -0.463 e. The van der Waals surface area contributed by atoms with Gasteiger partial charge in [-0.15, -0.1) is 0 Å². The van der Waals surface area contributed by atoms with E-state index >= 15 is 0 Å². The maximum atomic E-state index is 11.1. The Labute approximate surface area is 79.1 Å². The van der Waals surface area contributed by atoms with Gasteiger partial charge in [-0.1, -0.05) is 12.8 Å². The lowest BCUT2D eigenvalue weighted by atomic mass is 10.0. The lowest BCUT2D eigenvalue weighted by Crippen LogP contribution is -2.21. The van der Waals surface area contributed by atoms with Gasteiger partial charge in [0.2, 0.25) is 0 Å². The van der Waals surface area contributed by atoms with E-state index in [9.17, 15) is 9.90 Å². The van der Waals surface area contributed by atoms with Crippen LogP contribution in [0.2, 0.25) is 0 Å². The molecule has 1 saturated heterocycles. The Hall–Kier alpha value is -0.570. The van der Waals surface area contributed by atoms with Crippen LogP contribution in [0.1, 0.15) is 45.4 Å². The Bertz CT molecular complexity index is 152. The maximum Gasteiger partial charge on any atom is 0.308 e. The van der Waals surface area contributed by atoms with Gasteiger partial charge in [-0.3, -0.25) is 4.79 Å². The quantitative estimate of drug-likeness (QED) is 0.585. The molecule has 0 aliphatic carbocycles. The Morgan fingerprint density at radius 3 is 2.77 bits per heavy atom. The second kappa shape index (κ2) is 5.22. The van der Waals surface area contributed by atoms with E-state index in [0.717, 1.165) is 32.1 Å². The van der Waals surface area contributed by atoms with E-state index in [4.69, 9.17) is 4.74 Å². The van der Waals surface area contributed by atoms with Gasteiger partial charge in [0.1, 0.15) is 0 Å². The molecule has 0 aromatic heterocycles. The predicted octanol–water partition coefficient (Wildman–Crippen LogP) is 1.63. The number of aliphatic hydroxyl groups excluding tert-OH is 1. The van der Waals surface area contributed by atoms with Gasteiger partial charge in [0.25, 0.3) is 0 Å². The van der Waals surface area contributed by atoms with Gasteiger partial charge in [-0.2, -0.15) is 0 Å². The van der Waals surface area contributed by atoms with Crippen molar-refractivity contribution in [3.8, 4) is 0 Å². The number of rotatable bonds is 0. The van der Waals surface area contributed by atoms with Crippen LogP contribution < -0.4 is 0 Å². The molecule has 1 N–H and O–H groups in total. The summed E-state index contributed by atoms with van der Waals surface area (Å²) in [5, 5.41) is 9.39. The Morgan fingerprint density at radius 2 is 2.00 bits per heavy atom. The van der Waals surface area contributed by atoms with Crippen molar-refractivity contribution in [1.82, 2.24) is 0 Å². The van der Waals surface area contributed by atoms with E-state index in [-0.39, 0.29) is 18.5 Å². The molecule has 0 saturated carbocycles. The predicted molar refractivity (Wildman–Crippen MR) is 49.3 cm³/mol. The van der Waals surface area contributed by atoms with Gasteiger partial charge in [-0.05, 0) is 26.2 Å². The monoisotopic (exact) mass is 186 g/mol. The molecule has 1 aliphatic heterocycles. The Kier molecular flexibility index (Phi) is 4.22. The molecular weight excluding hydrogens is 168 g/mol. The summed E-state index contributed by atoms with van der Waals surface area (Å²) < 4.78 is 5.10. The van der Waals surface area contributed by atoms with E-state index in [0.29, 0.717) is 0 Å². The first-order valence-corrected chi connectivity index (χ1v) is 5.06. The number of aliphatic hydroxyl groups is 1. The van der Waals surface area contributed by atoms with Gasteiger partial charge in [0.15, 0.2) is 0 Å². The largest absolute Gasteiger partial charge is 0.463 e. The zero-order valence-electron chi connectivity index (χ0n) is 8.16. The number of ether oxygens (including phenoxy) is 1. The fourth-order valence-corrected chi connectivity index (χ4v) is 1.61. The minimum absolute atomic E-state index is 0.0119. The van der Waals surface area contributed by atoms with Crippen LogP contribution in [0.25, 0.3) is 0 Å². The maximum absolute atomic E-state index is 11.1. The van der Waals surface area contributed by atoms with Gasteiger partial charge in [0, 0.05) is 0 Å². The van der Waals surface area contributed by atoms with Crippen LogP contribution in [0.4, 0.5) is 0 Å². The SMILES string of the molecule is C[C@@H]1CCCCCC(O)CC(=O)O1. The first-order valence-electron chi connectivity index (χ1n) is 5.06. The fourth-order valence-electron chi connectivity index (χ4n) is 1.61. The number of carbonyl (C=O) groups excluding carboxylic acids is 1.